The maximum Gasteiger partial charge on any atom is 0.160 e. The van der Waals surface area contributed by atoms with Gasteiger partial charge in [-0.3, -0.25) is 0 Å². The predicted molar refractivity (Wildman–Crippen MR) is 103 cm³/mol. The van der Waals surface area contributed by atoms with Crippen LogP contribution in [0.4, 0.5) is 0 Å². The highest BCUT2D eigenvalue weighted by atomic mass is 16.5. The molecule has 2 aromatic rings. The average molecular weight is 376 g/mol. The molecule has 0 fully saturated rings. The SMILES string of the molecule is CCCCOC(c1ccc(O)c(OC)c1)C(CO)c1ccc(O)c(OC)c1. The van der Waals surface area contributed by atoms with Crippen molar-refractivity contribution < 1.29 is 29.5 Å². The van der Waals surface area contributed by atoms with Gasteiger partial charge in [0.1, 0.15) is 0 Å². The Bertz CT molecular complexity index is 731. The zero-order chi connectivity index (χ0) is 19.8. The van der Waals surface area contributed by atoms with E-state index in [1.165, 1.54) is 20.3 Å². The third-order valence-corrected chi connectivity index (χ3v) is 4.52. The Kier molecular flexibility index (Phi) is 7.76. The molecule has 2 rings (SSSR count). The molecule has 0 aromatic heterocycles. The van der Waals surface area contributed by atoms with Gasteiger partial charge in [0.25, 0.3) is 0 Å². The van der Waals surface area contributed by atoms with Crippen LogP contribution in [0.2, 0.25) is 0 Å². The van der Waals surface area contributed by atoms with E-state index in [9.17, 15) is 15.3 Å². The molecule has 6 nitrogen and oxygen atoms in total. The second kappa shape index (κ2) is 10.0. The first-order valence-electron chi connectivity index (χ1n) is 9.01. The van der Waals surface area contributed by atoms with E-state index in [0.717, 1.165) is 24.0 Å². The van der Waals surface area contributed by atoms with Gasteiger partial charge in [-0.15, -0.1) is 0 Å². The molecule has 0 amide bonds. The first kappa shape index (κ1) is 20.9. The molecule has 2 atom stereocenters. The number of aromatic hydroxyl groups is 2. The number of hydrogen-bond donors (Lipinski definition) is 3. The van der Waals surface area contributed by atoms with Crippen molar-refractivity contribution in [2.24, 2.45) is 0 Å². The molecule has 0 aliphatic carbocycles. The number of phenols is 2. The molecule has 2 aromatic carbocycles. The molecule has 0 aliphatic heterocycles. The number of rotatable bonds is 10. The Hall–Kier alpha value is -2.44. The quantitative estimate of drug-likeness (QED) is 0.547. The van der Waals surface area contributed by atoms with Gasteiger partial charge in [-0.1, -0.05) is 25.5 Å². The Labute approximate surface area is 159 Å². The van der Waals surface area contributed by atoms with Crippen LogP contribution in [0.25, 0.3) is 0 Å². The number of unbranched alkanes of at least 4 members (excludes halogenated alkanes) is 1. The van der Waals surface area contributed by atoms with E-state index < -0.39 is 6.10 Å². The highest BCUT2D eigenvalue weighted by molar-refractivity contribution is 5.46. The van der Waals surface area contributed by atoms with Crippen LogP contribution in [0, 0.1) is 0 Å². The Balaban J connectivity index is 2.43. The van der Waals surface area contributed by atoms with Crippen molar-refractivity contribution in [3.05, 3.63) is 47.5 Å². The van der Waals surface area contributed by atoms with E-state index in [1.54, 1.807) is 30.3 Å². The lowest BCUT2D eigenvalue weighted by Crippen LogP contribution is -2.19. The summed E-state index contributed by atoms with van der Waals surface area (Å²) in [5.41, 5.74) is 1.56. The summed E-state index contributed by atoms with van der Waals surface area (Å²) in [6, 6.07) is 10.0. The lowest BCUT2D eigenvalue weighted by Gasteiger charge is -2.27. The molecule has 0 radical (unpaired) electrons. The van der Waals surface area contributed by atoms with Crippen LogP contribution in [0.15, 0.2) is 36.4 Å². The van der Waals surface area contributed by atoms with Crippen molar-refractivity contribution in [3.8, 4) is 23.0 Å². The second-order valence-corrected chi connectivity index (χ2v) is 6.30. The lowest BCUT2D eigenvalue weighted by molar-refractivity contribution is 0.0162. The molecule has 6 heteroatoms. The van der Waals surface area contributed by atoms with Crippen LogP contribution in [0.1, 0.15) is 42.9 Å². The van der Waals surface area contributed by atoms with Crippen LogP contribution < -0.4 is 9.47 Å². The third kappa shape index (κ3) is 5.05. The highest BCUT2D eigenvalue weighted by Crippen LogP contribution is 2.40. The minimum atomic E-state index is -0.453. The Morgan fingerprint density at radius 3 is 1.96 bits per heavy atom. The monoisotopic (exact) mass is 376 g/mol. The van der Waals surface area contributed by atoms with Crippen LogP contribution in [0.5, 0.6) is 23.0 Å². The minimum absolute atomic E-state index is 0.0349. The fourth-order valence-electron chi connectivity index (χ4n) is 2.97. The number of phenolic OH excluding ortho intramolecular Hbond substituents is 2. The maximum absolute atomic E-state index is 10.1. The number of aliphatic hydroxyl groups is 1. The molecular weight excluding hydrogens is 348 g/mol. The van der Waals surface area contributed by atoms with Crippen molar-refractivity contribution in [2.45, 2.75) is 31.8 Å². The molecule has 27 heavy (non-hydrogen) atoms. The standard InChI is InChI=1S/C21H28O6/c1-4-5-10-27-21(15-7-9-18(24)20(12-15)26-3)16(13-22)14-6-8-17(23)19(11-14)25-2/h6-9,11-12,16,21-24H,4-5,10,13H2,1-3H3. The number of methoxy groups -OCH3 is 2. The summed E-state index contributed by atoms with van der Waals surface area (Å²) in [4.78, 5) is 0. The summed E-state index contributed by atoms with van der Waals surface area (Å²) < 4.78 is 16.5. The van der Waals surface area contributed by atoms with E-state index in [2.05, 4.69) is 6.92 Å². The van der Waals surface area contributed by atoms with Gasteiger partial charge in [-0.2, -0.15) is 0 Å². The average Bonchev–Trinajstić information content (AvgIpc) is 2.69. The maximum atomic E-state index is 10.1. The largest absolute Gasteiger partial charge is 0.504 e. The van der Waals surface area contributed by atoms with Crippen molar-refractivity contribution in [3.63, 3.8) is 0 Å². The third-order valence-electron chi connectivity index (χ3n) is 4.52. The first-order valence-corrected chi connectivity index (χ1v) is 9.01. The number of aliphatic hydroxyl groups excluding tert-OH is 1. The van der Waals surface area contributed by atoms with E-state index in [0.29, 0.717) is 18.1 Å². The molecule has 0 bridgehead atoms. The van der Waals surface area contributed by atoms with E-state index in [-0.39, 0.29) is 24.0 Å². The topological polar surface area (TPSA) is 88.4 Å². The van der Waals surface area contributed by atoms with Gasteiger partial charge in [0.15, 0.2) is 23.0 Å². The van der Waals surface area contributed by atoms with Gasteiger partial charge in [0.2, 0.25) is 0 Å². The van der Waals surface area contributed by atoms with Gasteiger partial charge >= 0.3 is 0 Å². The number of benzene rings is 2. The Morgan fingerprint density at radius 1 is 0.889 bits per heavy atom. The summed E-state index contributed by atoms with van der Waals surface area (Å²) in [6.45, 7) is 2.46. The fourth-order valence-corrected chi connectivity index (χ4v) is 2.97. The molecule has 148 valence electrons. The number of hydrogen-bond acceptors (Lipinski definition) is 6. The van der Waals surface area contributed by atoms with Crippen LogP contribution in [-0.2, 0) is 4.74 Å². The van der Waals surface area contributed by atoms with Crippen molar-refractivity contribution in [2.75, 3.05) is 27.4 Å². The van der Waals surface area contributed by atoms with Gasteiger partial charge in [-0.05, 0) is 41.8 Å². The molecule has 0 saturated heterocycles. The molecule has 0 heterocycles. The molecule has 3 N–H and O–H groups in total. The zero-order valence-electron chi connectivity index (χ0n) is 16.0. The summed E-state index contributed by atoms with van der Waals surface area (Å²) in [5.74, 6) is 0.372. The van der Waals surface area contributed by atoms with Gasteiger partial charge in [-0.25, -0.2) is 0 Å². The van der Waals surface area contributed by atoms with E-state index >= 15 is 0 Å². The molecular formula is C21H28O6. The van der Waals surface area contributed by atoms with E-state index in [1.807, 2.05) is 0 Å². The number of ether oxygens (including phenoxy) is 3. The van der Waals surface area contributed by atoms with Gasteiger partial charge in [0, 0.05) is 12.5 Å². The summed E-state index contributed by atoms with van der Waals surface area (Å²) in [6.07, 6.45) is 1.43. The minimum Gasteiger partial charge on any atom is -0.504 e. The van der Waals surface area contributed by atoms with Crippen LogP contribution in [0.3, 0.4) is 0 Å². The summed E-state index contributed by atoms with van der Waals surface area (Å²) in [7, 11) is 2.97. The zero-order valence-corrected chi connectivity index (χ0v) is 16.0. The summed E-state index contributed by atoms with van der Waals surface area (Å²) in [5, 5.41) is 29.9. The second-order valence-electron chi connectivity index (χ2n) is 6.30. The Morgan fingerprint density at radius 2 is 1.44 bits per heavy atom. The predicted octanol–water partition coefficient (Wildman–Crippen LogP) is 3.75. The highest BCUT2D eigenvalue weighted by Gasteiger charge is 2.27. The lowest BCUT2D eigenvalue weighted by atomic mass is 9.89. The molecule has 0 aliphatic rings. The molecule has 0 saturated carbocycles. The molecule has 2 unspecified atom stereocenters. The van der Waals surface area contributed by atoms with Gasteiger partial charge < -0.3 is 29.5 Å². The van der Waals surface area contributed by atoms with Crippen LogP contribution >= 0.6 is 0 Å². The summed E-state index contributed by atoms with van der Waals surface area (Å²) >= 11 is 0. The fraction of sp³-hybridized carbons (Fsp3) is 0.429. The van der Waals surface area contributed by atoms with Crippen LogP contribution in [-0.4, -0.2) is 42.8 Å². The van der Waals surface area contributed by atoms with Crippen molar-refractivity contribution in [1.82, 2.24) is 0 Å². The smallest absolute Gasteiger partial charge is 0.160 e. The van der Waals surface area contributed by atoms with Gasteiger partial charge in [0.05, 0.1) is 26.9 Å². The normalized spacial score (nSPS) is 13.2. The van der Waals surface area contributed by atoms with E-state index in [4.69, 9.17) is 14.2 Å². The molecule has 0 spiro atoms. The van der Waals surface area contributed by atoms with Crippen molar-refractivity contribution >= 4 is 0 Å². The first-order chi connectivity index (χ1) is 13.0. The van der Waals surface area contributed by atoms with Crippen molar-refractivity contribution in [1.29, 1.82) is 0 Å².